The second-order valence-corrected chi connectivity index (χ2v) is 6.94. The maximum absolute atomic E-state index is 12.5. The Morgan fingerprint density at radius 2 is 1.71 bits per heavy atom. The Morgan fingerprint density at radius 1 is 1.06 bits per heavy atom. The number of amides is 1. The number of nitrogens with zero attached hydrogens (tertiary/aromatic N) is 3. The van der Waals surface area contributed by atoms with Gasteiger partial charge in [0.1, 0.15) is 17.2 Å². The van der Waals surface area contributed by atoms with Gasteiger partial charge in [0, 0.05) is 44.9 Å². The Morgan fingerprint density at radius 3 is 2.23 bits per heavy atom. The monoisotopic (exact) mass is 430 g/mol. The first kappa shape index (κ1) is 22.3. The molecule has 9 nitrogen and oxygen atoms in total. The Hall–Kier alpha value is -3.36. The topological polar surface area (TPSA) is 88.8 Å². The molecule has 1 aliphatic heterocycles. The first-order valence-electron chi connectivity index (χ1n) is 10.3. The average Bonchev–Trinajstić information content (AvgIpc) is 3.36. The highest BCUT2D eigenvalue weighted by atomic mass is 16.5. The zero-order valence-corrected chi connectivity index (χ0v) is 18.5. The summed E-state index contributed by atoms with van der Waals surface area (Å²) in [5.74, 6) is 3.04. The second kappa shape index (κ2) is 10.6. The third-order valence-corrected chi connectivity index (χ3v) is 5.14. The van der Waals surface area contributed by atoms with Gasteiger partial charge in [-0.2, -0.15) is 0 Å². The number of methoxy groups -OCH3 is 3. The number of rotatable bonds is 7. The molecule has 0 bridgehead atoms. The number of ether oxygens (including phenoxy) is 3. The number of furan rings is 1. The van der Waals surface area contributed by atoms with E-state index in [4.69, 9.17) is 23.6 Å². The predicted octanol–water partition coefficient (Wildman–Crippen LogP) is 2.23. The van der Waals surface area contributed by atoms with E-state index in [0.717, 1.165) is 18.1 Å². The third-order valence-electron chi connectivity index (χ3n) is 5.14. The van der Waals surface area contributed by atoms with Crippen LogP contribution in [-0.2, 0) is 6.54 Å². The van der Waals surface area contributed by atoms with Crippen LogP contribution in [0.5, 0.6) is 17.2 Å². The summed E-state index contributed by atoms with van der Waals surface area (Å²) in [4.78, 5) is 21.3. The Bertz CT molecular complexity index is 864. The summed E-state index contributed by atoms with van der Waals surface area (Å²) in [5, 5.41) is 3.34. The van der Waals surface area contributed by atoms with Gasteiger partial charge in [0.25, 0.3) is 5.91 Å². The second-order valence-electron chi connectivity index (χ2n) is 6.94. The van der Waals surface area contributed by atoms with Gasteiger partial charge in [-0.1, -0.05) is 0 Å². The van der Waals surface area contributed by atoms with E-state index in [9.17, 15) is 4.79 Å². The molecule has 168 valence electrons. The van der Waals surface area contributed by atoms with E-state index >= 15 is 0 Å². The summed E-state index contributed by atoms with van der Waals surface area (Å²) in [6, 6.07) is 7.05. The van der Waals surface area contributed by atoms with E-state index in [1.807, 2.05) is 19.1 Å². The molecule has 31 heavy (non-hydrogen) atoms. The highest BCUT2D eigenvalue weighted by molar-refractivity contribution is 5.91. The number of aliphatic imine (C=N–C) groups is 1. The Labute approximate surface area is 182 Å². The number of carbonyl (C=O) groups excluding carboxylic acids is 1. The molecule has 0 spiro atoms. The van der Waals surface area contributed by atoms with Gasteiger partial charge in [0.15, 0.2) is 11.7 Å². The molecule has 0 saturated carbocycles. The van der Waals surface area contributed by atoms with Crippen LogP contribution >= 0.6 is 0 Å². The van der Waals surface area contributed by atoms with Crippen LogP contribution in [0.1, 0.15) is 23.0 Å². The number of hydrogen-bond donors (Lipinski definition) is 1. The molecule has 1 amide bonds. The molecule has 3 rings (SSSR count). The molecule has 0 aliphatic carbocycles. The smallest absolute Gasteiger partial charge is 0.289 e. The SMILES string of the molecule is CCNC(=NCc1c(OC)cc(OC)cc1OC)N1CCN(C(=O)c2ccco2)CC1. The normalized spacial score (nSPS) is 14.4. The van der Waals surface area contributed by atoms with Crippen LogP contribution in [0.25, 0.3) is 0 Å². The molecule has 1 saturated heterocycles. The van der Waals surface area contributed by atoms with Crippen molar-refractivity contribution in [1.29, 1.82) is 0 Å². The zero-order valence-electron chi connectivity index (χ0n) is 18.5. The molecule has 2 heterocycles. The molecule has 1 aliphatic rings. The van der Waals surface area contributed by atoms with Crippen LogP contribution in [-0.4, -0.2) is 75.7 Å². The van der Waals surface area contributed by atoms with Crippen molar-refractivity contribution in [1.82, 2.24) is 15.1 Å². The van der Waals surface area contributed by atoms with Crippen molar-refractivity contribution in [2.24, 2.45) is 4.99 Å². The van der Waals surface area contributed by atoms with Gasteiger partial charge in [-0.3, -0.25) is 4.79 Å². The molecule has 1 N–H and O–H groups in total. The molecule has 1 aromatic heterocycles. The number of hydrogen-bond acceptors (Lipinski definition) is 6. The minimum atomic E-state index is -0.0840. The standard InChI is InChI=1S/C22H30N4O5/c1-5-23-22(24-15-17-19(29-3)13-16(28-2)14-20(17)30-4)26-10-8-25(9-11-26)21(27)18-7-6-12-31-18/h6-7,12-14H,5,8-11,15H2,1-4H3,(H,23,24). The van der Waals surface area contributed by atoms with E-state index in [0.29, 0.717) is 55.7 Å². The quantitative estimate of drug-likeness (QED) is 0.532. The Balaban J connectivity index is 1.72. The maximum Gasteiger partial charge on any atom is 0.289 e. The third kappa shape index (κ3) is 5.22. The van der Waals surface area contributed by atoms with E-state index < -0.39 is 0 Å². The first-order chi connectivity index (χ1) is 15.1. The van der Waals surface area contributed by atoms with Crippen molar-refractivity contribution in [3.63, 3.8) is 0 Å². The van der Waals surface area contributed by atoms with Crippen LogP contribution in [0, 0.1) is 0 Å². The van der Waals surface area contributed by atoms with Crippen LogP contribution < -0.4 is 19.5 Å². The minimum absolute atomic E-state index is 0.0840. The molecular formula is C22H30N4O5. The van der Waals surface area contributed by atoms with Gasteiger partial charge in [-0.05, 0) is 19.1 Å². The Kier molecular flexibility index (Phi) is 7.64. The number of nitrogens with one attached hydrogen (secondary N) is 1. The van der Waals surface area contributed by atoms with E-state index in [2.05, 4.69) is 10.2 Å². The molecule has 0 atom stereocenters. The highest BCUT2D eigenvalue weighted by Crippen LogP contribution is 2.34. The van der Waals surface area contributed by atoms with Gasteiger partial charge in [-0.15, -0.1) is 0 Å². The summed E-state index contributed by atoms with van der Waals surface area (Å²) >= 11 is 0. The van der Waals surface area contributed by atoms with E-state index in [1.54, 1.807) is 38.4 Å². The van der Waals surface area contributed by atoms with E-state index in [1.165, 1.54) is 6.26 Å². The van der Waals surface area contributed by atoms with Crippen molar-refractivity contribution in [3.8, 4) is 17.2 Å². The summed E-state index contributed by atoms with van der Waals surface area (Å²) in [6.45, 7) is 5.69. The van der Waals surface area contributed by atoms with Crippen molar-refractivity contribution in [2.75, 3.05) is 54.1 Å². The van der Waals surface area contributed by atoms with Gasteiger partial charge in [-0.25, -0.2) is 4.99 Å². The maximum atomic E-state index is 12.5. The zero-order chi connectivity index (χ0) is 22.2. The summed E-state index contributed by atoms with van der Waals surface area (Å²) in [5.41, 5.74) is 0.841. The lowest BCUT2D eigenvalue weighted by molar-refractivity contribution is 0.0657. The number of benzene rings is 1. The van der Waals surface area contributed by atoms with Crippen molar-refractivity contribution in [2.45, 2.75) is 13.5 Å². The lowest BCUT2D eigenvalue weighted by Crippen LogP contribution is -2.53. The summed E-state index contributed by atoms with van der Waals surface area (Å²) in [7, 11) is 4.83. The number of piperazine rings is 1. The molecule has 1 fully saturated rings. The molecular weight excluding hydrogens is 400 g/mol. The molecule has 9 heteroatoms. The van der Waals surface area contributed by atoms with Crippen LogP contribution in [0.2, 0.25) is 0 Å². The van der Waals surface area contributed by atoms with Crippen LogP contribution in [0.3, 0.4) is 0 Å². The van der Waals surface area contributed by atoms with Gasteiger partial charge < -0.3 is 33.7 Å². The largest absolute Gasteiger partial charge is 0.496 e. The van der Waals surface area contributed by atoms with Gasteiger partial charge in [0.2, 0.25) is 0 Å². The predicted molar refractivity (Wildman–Crippen MR) is 117 cm³/mol. The summed E-state index contributed by atoms with van der Waals surface area (Å²) < 4.78 is 21.6. The lowest BCUT2D eigenvalue weighted by atomic mass is 10.1. The molecule has 0 unspecified atom stereocenters. The fraction of sp³-hybridized carbons (Fsp3) is 0.455. The van der Waals surface area contributed by atoms with E-state index in [-0.39, 0.29) is 5.91 Å². The highest BCUT2D eigenvalue weighted by Gasteiger charge is 2.25. The minimum Gasteiger partial charge on any atom is -0.496 e. The van der Waals surface area contributed by atoms with Crippen LogP contribution in [0.15, 0.2) is 39.9 Å². The number of carbonyl (C=O) groups is 1. The van der Waals surface area contributed by atoms with Crippen molar-refractivity contribution in [3.05, 3.63) is 41.9 Å². The van der Waals surface area contributed by atoms with Crippen molar-refractivity contribution < 1.29 is 23.4 Å². The van der Waals surface area contributed by atoms with Gasteiger partial charge >= 0.3 is 0 Å². The molecule has 2 aromatic rings. The molecule has 1 aromatic carbocycles. The molecule has 0 radical (unpaired) electrons. The fourth-order valence-corrected chi connectivity index (χ4v) is 3.49. The fourth-order valence-electron chi connectivity index (χ4n) is 3.49. The van der Waals surface area contributed by atoms with Crippen LogP contribution in [0.4, 0.5) is 0 Å². The first-order valence-corrected chi connectivity index (χ1v) is 10.3. The van der Waals surface area contributed by atoms with Gasteiger partial charge in [0.05, 0.1) is 39.7 Å². The van der Waals surface area contributed by atoms with Crippen molar-refractivity contribution >= 4 is 11.9 Å². The lowest BCUT2D eigenvalue weighted by Gasteiger charge is -2.36. The average molecular weight is 431 g/mol. The summed E-state index contributed by atoms with van der Waals surface area (Å²) in [6.07, 6.45) is 1.52. The number of guanidine groups is 1.